The van der Waals surface area contributed by atoms with Crippen LogP contribution in [0.5, 0.6) is 0 Å². The van der Waals surface area contributed by atoms with E-state index in [1.165, 1.54) is 18.2 Å². The zero-order valence-electron chi connectivity index (χ0n) is 5.93. The zero-order valence-corrected chi connectivity index (χ0v) is 6.74. The van der Waals surface area contributed by atoms with Crippen molar-refractivity contribution in [1.29, 1.82) is 0 Å². The second kappa shape index (κ2) is 3.31. The van der Waals surface area contributed by atoms with Crippen molar-refractivity contribution in [3.8, 4) is 0 Å². The lowest BCUT2D eigenvalue weighted by molar-refractivity contribution is -0.426. The number of allylic oxidation sites excluding steroid dienone is 4. The van der Waals surface area contributed by atoms with E-state index in [-0.39, 0.29) is 17.0 Å². The van der Waals surface area contributed by atoms with Gasteiger partial charge in [-0.1, -0.05) is 6.08 Å². The Morgan fingerprint density at radius 3 is 2.67 bits per heavy atom. The fourth-order valence-electron chi connectivity index (χ4n) is 0.803. The molecule has 0 saturated carbocycles. The van der Waals surface area contributed by atoms with E-state index in [1.807, 2.05) is 0 Å². The first-order valence-corrected chi connectivity index (χ1v) is 4.15. The van der Waals surface area contributed by atoms with E-state index in [4.69, 9.17) is 0 Å². The molecule has 64 valence electrons. The molecule has 0 aromatic rings. The van der Waals surface area contributed by atoms with Crippen LogP contribution in [0.3, 0.4) is 0 Å². The lowest BCUT2D eigenvalue weighted by Crippen LogP contribution is -2.08. The van der Waals surface area contributed by atoms with Crippen molar-refractivity contribution in [3.05, 3.63) is 34.0 Å². The molecule has 0 aliphatic heterocycles. The molecule has 12 heavy (non-hydrogen) atoms. The number of hydrogen-bond donors (Lipinski definition) is 0. The minimum atomic E-state index is -2.35. The highest BCUT2D eigenvalue weighted by atomic mass is 32.2. The van der Waals surface area contributed by atoms with Crippen LogP contribution < -0.4 is 0 Å². The van der Waals surface area contributed by atoms with Gasteiger partial charge < -0.3 is 0 Å². The third-order valence-corrected chi connectivity index (χ3v) is 2.08. The highest BCUT2D eigenvalue weighted by Crippen LogP contribution is 2.09. The fraction of sp³-hybridized carbons (Fsp3) is 0.167. The molecule has 0 radical (unpaired) electrons. The van der Waals surface area contributed by atoms with Crippen molar-refractivity contribution in [2.75, 3.05) is 0 Å². The van der Waals surface area contributed by atoms with Crippen LogP contribution in [0.25, 0.3) is 0 Å². The first kappa shape index (κ1) is 8.66. The van der Waals surface area contributed by atoms with Gasteiger partial charge in [-0.3, -0.25) is 10.1 Å². The molecule has 0 N–H and O–H groups in total. The SMILES string of the molecule is O=[N+]([O-])C1=CC=CC(=S(=O)=O)C1. The summed E-state index contributed by atoms with van der Waals surface area (Å²) in [5, 5.41) is 10.2. The van der Waals surface area contributed by atoms with Crippen molar-refractivity contribution in [3.63, 3.8) is 0 Å². The van der Waals surface area contributed by atoms with Gasteiger partial charge in [0.1, 0.15) is 0 Å². The first-order valence-electron chi connectivity index (χ1n) is 3.08. The van der Waals surface area contributed by atoms with Gasteiger partial charge in [-0.25, -0.2) is 0 Å². The average molecular weight is 187 g/mol. The van der Waals surface area contributed by atoms with Crippen LogP contribution >= 0.6 is 0 Å². The standard InChI is InChI=1S/C6H5NO4S/c8-7(9)5-2-1-3-6(4-5)12(10)11/h1-3H,4H2. The Balaban J connectivity index is 3.05. The lowest BCUT2D eigenvalue weighted by atomic mass is 10.1. The van der Waals surface area contributed by atoms with E-state index in [1.54, 1.807) is 0 Å². The predicted octanol–water partition coefficient (Wildman–Crippen LogP) is 0.158. The van der Waals surface area contributed by atoms with Gasteiger partial charge in [0.2, 0.25) is 10.3 Å². The summed E-state index contributed by atoms with van der Waals surface area (Å²) in [6.45, 7) is 0. The van der Waals surface area contributed by atoms with E-state index >= 15 is 0 Å². The van der Waals surface area contributed by atoms with Gasteiger partial charge in [0.25, 0.3) is 5.70 Å². The average Bonchev–Trinajstić information content (AvgIpc) is 2.04. The molecule has 0 unspecified atom stereocenters. The molecular weight excluding hydrogens is 182 g/mol. The number of nitrogens with zero attached hydrogens (tertiary/aromatic N) is 1. The second-order valence-corrected chi connectivity index (χ2v) is 3.15. The van der Waals surface area contributed by atoms with E-state index in [2.05, 4.69) is 0 Å². The summed E-state index contributed by atoms with van der Waals surface area (Å²) >= 11 is 0. The van der Waals surface area contributed by atoms with Gasteiger partial charge in [0, 0.05) is 6.08 Å². The van der Waals surface area contributed by atoms with Crippen LogP contribution in [-0.2, 0) is 10.3 Å². The van der Waals surface area contributed by atoms with Crippen molar-refractivity contribution < 1.29 is 13.3 Å². The third kappa shape index (κ3) is 1.79. The topological polar surface area (TPSA) is 77.3 Å². The molecule has 0 saturated heterocycles. The summed E-state index contributed by atoms with van der Waals surface area (Å²) < 4.78 is 20.8. The Bertz CT molecular complexity index is 393. The van der Waals surface area contributed by atoms with Gasteiger partial charge in [-0.15, -0.1) is 0 Å². The molecule has 1 rings (SSSR count). The Morgan fingerprint density at radius 1 is 1.50 bits per heavy atom. The summed E-state index contributed by atoms with van der Waals surface area (Å²) in [5.41, 5.74) is -0.100. The predicted molar refractivity (Wildman–Crippen MR) is 42.8 cm³/mol. The Labute approximate surface area is 69.7 Å². The quantitative estimate of drug-likeness (QED) is 0.333. The normalized spacial score (nSPS) is 15.7. The maximum atomic E-state index is 10.4. The minimum absolute atomic E-state index is 0.0456. The van der Waals surface area contributed by atoms with Crippen molar-refractivity contribution in [2.24, 2.45) is 0 Å². The Kier molecular flexibility index (Phi) is 2.39. The Hall–Kier alpha value is -1.43. The van der Waals surface area contributed by atoms with Gasteiger partial charge in [-0.2, -0.15) is 8.42 Å². The molecule has 0 atom stereocenters. The largest absolute Gasteiger partial charge is 0.259 e. The van der Waals surface area contributed by atoms with Crippen LogP contribution in [0.15, 0.2) is 23.9 Å². The summed E-state index contributed by atoms with van der Waals surface area (Å²) in [6, 6.07) is 0. The fourth-order valence-corrected chi connectivity index (χ4v) is 1.26. The smallest absolute Gasteiger partial charge is 0.251 e. The van der Waals surface area contributed by atoms with Gasteiger partial charge in [0.15, 0.2) is 0 Å². The van der Waals surface area contributed by atoms with Crippen LogP contribution in [0, 0.1) is 10.1 Å². The van der Waals surface area contributed by atoms with E-state index in [0.717, 1.165) is 0 Å². The summed E-state index contributed by atoms with van der Waals surface area (Å²) in [7, 11) is -2.35. The molecule has 0 aromatic carbocycles. The number of hydrogen-bond acceptors (Lipinski definition) is 4. The molecular formula is C6H5NO4S. The van der Waals surface area contributed by atoms with Crippen molar-refractivity contribution in [2.45, 2.75) is 6.42 Å². The lowest BCUT2D eigenvalue weighted by Gasteiger charge is -1.98. The molecule has 0 spiro atoms. The summed E-state index contributed by atoms with van der Waals surface area (Å²) in [4.78, 5) is 9.67. The van der Waals surface area contributed by atoms with Gasteiger partial charge in [-0.05, 0) is 6.08 Å². The van der Waals surface area contributed by atoms with E-state index < -0.39 is 15.2 Å². The van der Waals surface area contributed by atoms with Crippen molar-refractivity contribution >= 4 is 15.2 Å². The summed E-state index contributed by atoms with van der Waals surface area (Å²) in [6.07, 6.45) is 3.86. The van der Waals surface area contributed by atoms with Gasteiger partial charge in [0.05, 0.1) is 16.2 Å². The Morgan fingerprint density at radius 2 is 2.17 bits per heavy atom. The first-order chi connectivity index (χ1) is 5.61. The molecule has 1 aliphatic rings. The van der Waals surface area contributed by atoms with Crippen LogP contribution in [0.4, 0.5) is 0 Å². The maximum absolute atomic E-state index is 10.4. The monoisotopic (exact) mass is 187 g/mol. The van der Waals surface area contributed by atoms with Crippen LogP contribution in [-0.4, -0.2) is 18.2 Å². The molecule has 0 bridgehead atoms. The highest BCUT2D eigenvalue weighted by molar-refractivity contribution is 7.73. The van der Waals surface area contributed by atoms with Gasteiger partial charge >= 0.3 is 0 Å². The molecule has 0 heterocycles. The third-order valence-electron chi connectivity index (χ3n) is 1.37. The maximum Gasteiger partial charge on any atom is 0.251 e. The highest BCUT2D eigenvalue weighted by Gasteiger charge is 2.15. The van der Waals surface area contributed by atoms with Crippen LogP contribution in [0.1, 0.15) is 6.42 Å². The summed E-state index contributed by atoms with van der Waals surface area (Å²) in [5.74, 6) is 0. The van der Waals surface area contributed by atoms with E-state index in [9.17, 15) is 18.5 Å². The van der Waals surface area contributed by atoms with E-state index in [0.29, 0.717) is 0 Å². The number of rotatable bonds is 1. The second-order valence-electron chi connectivity index (χ2n) is 2.15. The van der Waals surface area contributed by atoms with Crippen LogP contribution in [0.2, 0.25) is 0 Å². The molecule has 6 heteroatoms. The molecule has 0 aromatic heterocycles. The molecule has 1 aliphatic carbocycles. The zero-order chi connectivity index (χ0) is 9.14. The van der Waals surface area contributed by atoms with Crippen molar-refractivity contribution in [1.82, 2.24) is 0 Å². The molecule has 0 amide bonds. The molecule has 0 fully saturated rings. The molecule has 5 nitrogen and oxygen atoms in total. The number of nitro groups is 1. The minimum Gasteiger partial charge on any atom is -0.259 e.